The second-order valence-electron chi connectivity index (χ2n) is 8.47. The van der Waals surface area contributed by atoms with Crippen LogP contribution in [-0.2, 0) is 9.53 Å². The normalized spacial score (nSPS) is 44.6. The summed E-state index contributed by atoms with van der Waals surface area (Å²) in [6, 6.07) is 0. The number of esters is 1. The van der Waals surface area contributed by atoms with E-state index in [4.69, 9.17) is 4.74 Å². The fourth-order valence-corrected chi connectivity index (χ4v) is 6.73. The van der Waals surface area contributed by atoms with Crippen molar-refractivity contribution >= 4 is 17.7 Å². The van der Waals surface area contributed by atoms with E-state index in [0.29, 0.717) is 17.3 Å². The van der Waals surface area contributed by atoms with Crippen molar-refractivity contribution in [3.8, 4) is 0 Å². The summed E-state index contributed by atoms with van der Waals surface area (Å²) in [5.41, 5.74) is 1.76. The van der Waals surface area contributed by atoms with Gasteiger partial charge in [-0.3, -0.25) is 4.79 Å². The third-order valence-electron chi connectivity index (χ3n) is 7.03. The first-order chi connectivity index (χ1) is 11.1. The molecule has 0 unspecified atom stereocenters. The molecule has 0 aromatic heterocycles. The number of thioether (sulfide) groups is 1. The zero-order valence-electron chi connectivity index (χ0n) is 14.3. The number of hydrogen-bond acceptors (Lipinski definition) is 3. The van der Waals surface area contributed by atoms with Crippen molar-refractivity contribution in [3.63, 3.8) is 0 Å². The molecule has 4 rings (SSSR count). The SMILES string of the molecule is C=C1CCC[C@]2(C)C[C@H]3OC(=O)[C@@H](C[NH+]4CCSCC4)[C@H]3C[C@H]12. The number of carbonyl (C=O) groups is 1. The molecule has 0 aromatic carbocycles. The molecular weight excluding hydrogens is 306 g/mol. The molecule has 0 aromatic rings. The van der Waals surface area contributed by atoms with Crippen molar-refractivity contribution in [1.29, 1.82) is 0 Å². The summed E-state index contributed by atoms with van der Waals surface area (Å²) in [5.74, 6) is 3.76. The first-order valence-electron chi connectivity index (χ1n) is 9.36. The second-order valence-corrected chi connectivity index (χ2v) is 9.70. The average molecular weight is 337 g/mol. The molecule has 4 heteroatoms. The number of quaternary nitrogens is 1. The van der Waals surface area contributed by atoms with Gasteiger partial charge in [0.2, 0.25) is 0 Å². The van der Waals surface area contributed by atoms with E-state index in [9.17, 15) is 4.79 Å². The summed E-state index contributed by atoms with van der Waals surface area (Å²) < 4.78 is 5.88. The lowest BCUT2D eigenvalue weighted by Gasteiger charge is -2.50. The van der Waals surface area contributed by atoms with Gasteiger partial charge in [-0.2, -0.15) is 11.8 Å². The van der Waals surface area contributed by atoms with Crippen LogP contribution in [0.2, 0.25) is 0 Å². The highest BCUT2D eigenvalue weighted by Crippen LogP contribution is 2.56. The van der Waals surface area contributed by atoms with Gasteiger partial charge in [0.25, 0.3) is 0 Å². The lowest BCUT2D eigenvalue weighted by molar-refractivity contribution is -0.899. The number of hydrogen-bond donors (Lipinski definition) is 1. The number of allylic oxidation sites excluding steroid dienone is 1. The monoisotopic (exact) mass is 336 g/mol. The molecule has 4 fully saturated rings. The van der Waals surface area contributed by atoms with Crippen LogP contribution >= 0.6 is 11.8 Å². The van der Waals surface area contributed by atoms with Crippen LogP contribution in [0.5, 0.6) is 0 Å². The maximum absolute atomic E-state index is 12.5. The second kappa shape index (κ2) is 6.11. The van der Waals surface area contributed by atoms with Gasteiger partial charge in [0.15, 0.2) is 0 Å². The van der Waals surface area contributed by atoms with E-state index in [2.05, 4.69) is 13.5 Å². The zero-order chi connectivity index (χ0) is 16.0. The van der Waals surface area contributed by atoms with Crippen LogP contribution in [0.15, 0.2) is 12.2 Å². The molecular formula is C19H30NO2S+. The van der Waals surface area contributed by atoms with Gasteiger partial charge in [-0.1, -0.05) is 19.1 Å². The lowest BCUT2D eigenvalue weighted by Crippen LogP contribution is -3.14. The Labute approximate surface area is 144 Å². The first-order valence-corrected chi connectivity index (χ1v) is 10.5. The Morgan fingerprint density at radius 3 is 2.96 bits per heavy atom. The Kier molecular flexibility index (Phi) is 4.25. The van der Waals surface area contributed by atoms with E-state index in [1.165, 1.54) is 49.4 Å². The Morgan fingerprint density at radius 2 is 2.17 bits per heavy atom. The van der Waals surface area contributed by atoms with Crippen molar-refractivity contribution in [2.24, 2.45) is 23.2 Å². The van der Waals surface area contributed by atoms with Crippen LogP contribution in [0.4, 0.5) is 0 Å². The maximum Gasteiger partial charge on any atom is 0.315 e. The molecule has 128 valence electrons. The van der Waals surface area contributed by atoms with Gasteiger partial charge in [0, 0.05) is 17.4 Å². The fourth-order valence-electron chi connectivity index (χ4n) is 5.66. The Morgan fingerprint density at radius 1 is 1.39 bits per heavy atom. The molecule has 0 amide bonds. The molecule has 23 heavy (non-hydrogen) atoms. The highest BCUT2D eigenvalue weighted by Gasteiger charge is 2.55. The van der Waals surface area contributed by atoms with Crippen molar-refractivity contribution in [1.82, 2.24) is 0 Å². The van der Waals surface area contributed by atoms with E-state index in [1.54, 1.807) is 4.90 Å². The maximum atomic E-state index is 12.5. The predicted octanol–water partition coefficient (Wildman–Crippen LogP) is 1.93. The summed E-state index contributed by atoms with van der Waals surface area (Å²) in [4.78, 5) is 14.2. The van der Waals surface area contributed by atoms with Crippen molar-refractivity contribution in [3.05, 3.63) is 12.2 Å². The minimum atomic E-state index is 0.0959. The van der Waals surface area contributed by atoms with Crippen LogP contribution in [-0.4, -0.2) is 43.2 Å². The molecule has 0 radical (unpaired) electrons. The van der Waals surface area contributed by atoms with Gasteiger partial charge in [0.1, 0.15) is 12.0 Å². The summed E-state index contributed by atoms with van der Waals surface area (Å²) in [7, 11) is 0. The molecule has 2 aliphatic heterocycles. The zero-order valence-corrected chi connectivity index (χ0v) is 15.1. The fraction of sp³-hybridized carbons (Fsp3) is 0.842. The molecule has 2 saturated heterocycles. The molecule has 2 heterocycles. The average Bonchev–Trinajstić information content (AvgIpc) is 2.81. The Bertz CT molecular complexity index is 502. The predicted molar refractivity (Wildman–Crippen MR) is 93.6 cm³/mol. The molecule has 2 aliphatic carbocycles. The molecule has 5 atom stereocenters. The Balaban J connectivity index is 1.50. The molecule has 0 spiro atoms. The van der Waals surface area contributed by atoms with Crippen molar-refractivity contribution in [2.75, 3.05) is 31.1 Å². The minimum absolute atomic E-state index is 0.0959. The highest BCUT2D eigenvalue weighted by molar-refractivity contribution is 7.99. The smallest absolute Gasteiger partial charge is 0.315 e. The van der Waals surface area contributed by atoms with Gasteiger partial charge < -0.3 is 9.64 Å². The Hall–Kier alpha value is -0.480. The summed E-state index contributed by atoms with van der Waals surface area (Å²) in [6.45, 7) is 10.2. The van der Waals surface area contributed by atoms with E-state index < -0.39 is 0 Å². The van der Waals surface area contributed by atoms with Crippen LogP contribution in [0, 0.1) is 23.2 Å². The van der Waals surface area contributed by atoms with Crippen LogP contribution in [0.3, 0.4) is 0 Å². The van der Waals surface area contributed by atoms with Gasteiger partial charge in [-0.05, 0) is 43.4 Å². The largest absolute Gasteiger partial charge is 0.462 e. The van der Waals surface area contributed by atoms with E-state index >= 15 is 0 Å². The van der Waals surface area contributed by atoms with Crippen LogP contribution in [0.1, 0.15) is 39.0 Å². The van der Waals surface area contributed by atoms with Gasteiger partial charge in [-0.25, -0.2) is 0 Å². The van der Waals surface area contributed by atoms with Crippen molar-refractivity contribution in [2.45, 2.75) is 45.1 Å². The molecule has 1 N–H and O–H groups in total. The molecule has 0 bridgehead atoms. The van der Waals surface area contributed by atoms with E-state index in [0.717, 1.165) is 19.4 Å². The molecule has 3 nitrogen and oxygen atoms in total. The van der Waals surface area contributed by atoms with Crippen molar-refractivity contribution < 1.29 is 14.4 Å². The summed E-state index contributed by atoms with van der Waals surface area (Å²) in [6.07, 6.45) is 6.10. The van der Waals surface area contributed by atoms with Gasteiger partial charge >= 0.3 is 5.97 Å². The number of nitrogens with one attached hydrogen (secondary N) is 1. The molecule has 2 saturated carbocycles. The number of fused-ring (bicyclic) bond motifs is 2. The van der Waals surface area contributed by atoms with Crippen LogP contribution < -0.4 is 4.90 Å². The van der Waals surface area contributed by atoms with Gasteiger partial charge in [0.05, 0.1) is 19.6 Å². The number of carbonyl (C=O) groups excluding carboxylic acids is 1. The minimum Gasteiger partial charge on any atom is -0.462 e. The first kappa shape index (κ1) is 16.0. The summed E-state index contributed by atoms with van der Waals surface area (Å²) in [5, 5.41) is 0. The van der Waals surface area contributed by atoms with E-state index in [-0.39, 0.29) is 18.0 Å². The van der Waals surface area contributed by atoms with Gasteiger partial charge in [-0.15, -0.1) is 0 Å². The quantitative estimate of drug-likeness (QED) is 0.617. The highest BCUT2D eigenvalue weighted by atomic mass is 32.2. The summed E-state index contributed by atoms with van der Waals surface area (Å²) >= 11 is 2.05. The number of rotatable bonds is 2. The standard InChI is InChI=1S/C19H29NO2S/c1-13-4-3-5-19(2)11-17-14(10-16(13)19)15(18(21)22-17)12-20-6-8-23-9-7-20/h14-17H,1,3-12H2,2H3/p+1/t14-,15+,16-,17-,19-/m1/s1. The van der Waals surface area contributed by atoms with E-state index in [1.807, 2.05) is 11.8 Å². The third kappa shape index (κ3) is 2.86. The molecule has 4 aliphatic rings. The van der Waals surface area contributed by atoms with Crippen LogP contribution in [0.25, 0.3) is 0 Å². The number of ether oxygens (including phenoxy) is 1. The topological polar surface area (TPSA) is 30.7 Å². The third-order valence-corrected chi connectivity index (χ3v) is 8.01. The lowest BCUT2D eigenvalue weighted by atomic mass is 9.55.